The van der Waals surface area contributed by atoms with Gasteiger partial charge in [-0.05, 0) is 12.8 Å². The third kappa shape index (κ3) is 4.18. The molecule has 1 unspecified atom stereocenters. The van der Waals surface area contributed by atoms with Crippen molar-refractivity contribution in [3.8, 4) is 0 Å². The number of hydrogen-bond donors (Lipinski definition) is 1. The fourth-order valence-corrected chi connectivity index (χ4v) is 2.02. The highest BCUT2D eigenvalue weighted by Crippen LogP contribution is 2.21. The molecule has 0 rings (SSSR count). The molecule has 0 aromatic rings. The van der Waals surface area contributed by atoms with Gasteiger partial charge in [0.25, 0.3) is 0 Å². The molecule has 0 saturated carbocycles. The van der Waals surface area contributed by atoms with Crippen molar-refractivity contribution >= 4 is 11.8 Å². The molecule has 2 N–H and O–H groups in total. The molecule has 1 nitrogen and oxygen atoms in total. The summed E-state index contributed by atoms with van der Waals surface area (Å²) in [5.74, 6) is 0. The monoisotopic (exact) mass is 161 g/mol. The van der Waals surface area contributed by atoms with Crippen molar-refractivity contribution in [1.29, 1.82) is 0 Å². The summed E-state index contributed by atoms with van der Waals surface area (Å²) in [7, 11) is 0. The first kappa shape index (κ1) is 10.3. The van der Waals surface area contributed by atoms with Gasteiger partial charge in [0.2, 0.25) is 0 Å². The molecule has 0 heterocycles. The van der Waals surface area contributed by atoms with E-state index in [4.69, 9.17) is 5.73 Å². The second-order valence-electron chi connectivity index (χ2n) is 2.62. The van der Waals surface area contributed by atoms with E-state index in [9.17, 15) is 0 Å². The highest BCUT2D eigenvalue weighted by Gasteiger charge is 2.07. The summed E-state index contributed by atoms with van der Waals surface area (Å²) in [6.45, 7) is 7.49. The third-order valence-corrected chi connectivity index (χ3v) is 3.38. The summed E-state index contributed by atoms with van der Waals surface area (Å²) < 4.78 is 0. The molecular weight excluding hydrogens is 142 g/mol. The van der Waals surface area contributed by atoms with E-state index in [-0.39, 0.29) is 0 Å². The topological polar surface area (TPSA) is 26.0 Å². The summed E-state index contributed by atoms with van der Waals surface area (Å²) in [6.07, 6.45) is 2.54. The van der Waals surface area contributed by atoms with E-state index in [1.807, 2.05) is 11.8 Å². The zero-order chi connectivity index (χ0) is 7.98. The van der Waals surface area contributed by atoms with Gasteiger partial charge in [0.1, 0.15) is 0 Å². The van der Waals surface area contributed by atoms with Crippen LogP contribution >= 0.6 is 11.8 Å². The Bertz CT molecular complexity index is 71.7. The van der Waals surface area contributed by atoms with E-state index in [2.05, 4.69) is 20.8 Å². The summed E-state index contributed by atoms with van der Waals surface area (Å²) >= 11 is 2.02. The molecular formula is C8H19NS. The lowest BCUT2D eigenvalue weighted by molar-refractivity contribution is 0.783. The van der Waals surface area contributed by atoms with Crippen molar-refractivity contribution in [2.75, 3.05) is 6.54 Å². The van der Waals surface area contributed by atoms with Gasteiger partial charge >= 0.3 is 0 Å². The normalized spacial score (nSPS) is 14.1. The van der Waals surface area contributed by atoms with Crippen molar-refractivity contribution in [2.24, 2.45) is 5.73 Å². The summed E-state index contributed by atoms with van der Waals surface area (Å²) in [6, 6.07) is 0. The maximum Gasteiger partial charge on any atom is 0.0144 e. The van der Waals surface area contributed by atoms with E-state index in [0.29, 0.717) is 5.25 Å². The van der Waals surface area contributed by atoms with Crippen molar-refractivity contribution < 1.29 is 0 Å². The number of rotatable bonds is 5. The van der Waals surface area contributed by atoms with E-state index in [0.717, 1.165) is 11.8 Å². The van der Waals surface area contributed by atoms with Crippen LogP contribution in [0.1, 0.15) is 33.6 Å². The lowest BCUT2D eigenvalue weighted by Crippen LogP contribution is -2.16. The van der Waals surface area contributed by atoms with E-state index in [1.165, 1.54) is 12.8 Å². The smallest absolute Gasteiger partial charge is 0.0144 e. The second-order valence-corrected chi connectivity index (χ2v) is 4.36. The standard InChI is InChI=1S/C8H19NS/c1-4-8(5-2)10-7(3)6-9/h7-8H,4-6,9H2,1-3H3. The minimum absolute atomic E-state index is 0.630. The molecule has 0 bridgehead atoms. The zero-order valence-corrected chi connectivity index (χ0v) is 8.08. The van der Waals surface area contributed by atoms with Crippen LogP contribution in [0, 0.1) is 0 Å². The first-order valence-electron chi connectivity index (χ1n) is 4.10. The second kappa shape index (κ2) is 6.05. The quantitative estimate of drug-likeness (QED) is 0.669. The van der Waals surface area contributed by atoms with Gasteiger partial charge in [-0.3, -0.25) is 0 Å². The van der Waals surface area contributed by atoms with Crippen molar-refractivity contribution in [2.45, 2.75) is 44.1 Å². The third-order valence-electron chi connectivity index (χ3n) is 1.67. The van der Waals surface area contributed by atoms with Crippen LogP contribution < -0.4 is 5.73 Å². The minimum Gasteiger partial charge on any atom is -0.329 e. The Hall–Kier alpha value is 0.310. The molecule has 62 valence electrons. The van der Waals surface area contributed by atoms with Gasteiger partial charge in [-0.1, -0.05) is 20.8 Å². The molecule has 0 fully saturated rings. The summed E-state index contributed by atoms with van der Waals surface area (Å²) in [5.41, 5.74) is 5.51. The average Bonchev–Trinajstić information content (AvgIpc) is 1.99. The van der Waals surface area contributed by atoms with Gasteiger partial charge in [-0.15, -0.1) is 0 Å². The van der Waals surface area contributed by atoms with E-state index < -0.39 is 0 Å². The first-order chi connectivity index (χ1) is 4.74. The Labute approximate surface area is 68.8 Å². The van der Waals surface area contributed by atoms with Crippen molar-refractivity contribution in [1.82, 2.24) is 0 Å². The van der Waals surface area contributed by atoms with Gasteiger partial charge in [-0.25, -0.2) is 0 Å². The van der Waals surface area contributed by atoms with Crippen LogP contribution in [0.4, 0.5) is 0 Å². The number of hydrogen-bond acceptors (Lipinski definition) is 2. The minimum atomic E-state index is 0.630. The van der Waals surface area contributed by atoms with Crippen LogP contribution in [0.5, 0.6) is 0 Å². The molecule has 0 aromatic carbocycles. The average molecular weight is 161 g/mol. The van der Waals surface area contributed by atoms with Crippen LogP contribution in [-0.4, -0.2) is 17.0 Å². The van der Waals surface area contributed by atoms with E-state index >= 15 is 0 Å². The van der Waals surface area contributed by atoms with Crippen molar-refractivity contribution in [3.63, 3.8) is 0 Å². The fraction of sp³-hybridized carbons (Fsp3) is 1.00. The van der Waals surface area contributed by atoms with E-state index in [1.54, 1.807) is 0 Å². The highest BCUT2D eigenvalue weighted by molar-refractivity contribution is 8.00. The highest BCUT2D eigenvalue weighted by atomic mass is 32.2. The van der Waals surface area contributed by atoms with Gasteiger partial charge in [0, 0.05) is 17.0 Å². The Morgan fingerprint density at radius 1 is 1.30 bits per heavy atom. The maximum absolute atomic E-state index is 5.51. The molecule has 0 saturated heterocycles. The SMILES string of the molecule is CCC(CC)SC(C)CN. The van der Waals surface area contributed by atoms with Crippen LogP contribution in [0.2, 0.25) is 0 Å². The fourth-order valence-electron chi connectivity index (χ4n) is 0.865. The van der Waals surface area contributed by atoms with Crippen molar-refractivity contribution in [3.05, 3.63) is 0 Å². The van der Waals surface area contributed by atoms with Gasteiger partial charge in [0.05, 0.1) is 0 Å². The molecule has 1 atom stereocenters. The molecule has 0 aliphatic heterocycles. The largest absolute Gasteiger partial charge is 0.329 e. The van der Waals surface area contributed by atoms with Gasteiger partial charge in [0.15, 0.2) is 0 Å². The Morgan fingerprint density at radius 2 is 1.80 bits per heavy atom. The molecule has 0 amide bonds. The summed E-state index contributed by atoms with van der Waals surface area (Å²) in [5, 5.41) is 1.45. The van der Waals surface area contributed by atoms with Crippen LogP contribution in [-0.2, 0) is 0 Å². The molecule has 0 radical (unpaired) electrons. The molecule has 0 spiro atoms. The number of nitrogens with two attached hydrogens (primary N) is 1. The van der Waals surface area contributed by atoms with Crippen LogP contribution in [0.3, 0.4) is 0 Å². The Kier molecular flexibility index (Phi) is 6.24. The van der Waals surface area contributed by atoms with Gasteiger partial charge < -0.3 is 5.73 Å². The first-order valence-corrected chi connectivity index (χ1v) is 5.04. The lowest BCUT2D eigenvalue weighted by atomic mass is 10.3. The Morgan fingerprint density at radius 3 is 2.10 bits per heavy atom. The zero-order valence-electron chi connectivity index (χ0n) is 7.26. The predicted octanol–water partition coefficient (Wildman–Crippen LogP) is 2.26. The molecule has 2 heteroatoms. The Balaban J connectivity index is 3.41. The predicted molar refractivity (Wildman–Crippen MR) is 50.5 cm³/mol. The van der Waals surface area contributed by atoms with Crippen LogP contribution in [0.25, 0.3) is 0 Å². The molecule has 10 heavy (non-hydrogen) atoms. The van der Waals surface area contributed by atoms with Gasteiger partial charge in [-0.2, -0.15) is 11.8 Å². The molecule has 0 aliphatic carbocycles. The summed E-state index contributed by atoms with van der Waals surface area (Å²) in [4.78, 5) is 0. The van der Waals surface area contributed by atoms with Crippen LogP contribution in [0.15, 0.2) is 0 Å². The maximum atomic E-state index is 5.51. The molecule has 0 aromatic heterocycles. The lowest BCUT2D eigenvalue weighted by Gasteiger charge is -2.15. The molecule has 0 aliphatic rings. The number of thioether (sulfide) groups is 1.